The van der Waals surface area contributed by atoms with Crippen LogP contribution in [-0.4, -0.2) is 98.9 Å². The zero-order chi connectivity index (χ0) is 39.4. The Bertz CT molecular complexity index is 1730. The summed E-state index contributed by atoms with van der Waals surface area (Å²) >= 11 is 0. The molecule has 6 rings (SSSR count). The van der Waals surface area contributed by atoms with E-state index in [1.807, 2.05) is 91.0 Å². The second-order valence-corrected chi connectivity index (χ2v) is 13.5. The van der Waals surface area contributed by atoms with Gasteiger partial charge in [0.25, 0.3) is 0 Å². The summed E-state index contributed by atoms with van der Waals surface area (Å²) in [4.78, 5) is 50.4. The van der Waals surface area contributed by atoms with Gasteiger partial charge < -0.3 is 52.7 Å². The summed E-state index contributed by atoms with van der Waals surface area (Å²) in [5.74, 6) is -2.68. The van der Waals surface area contributed by atoms with Crippen molar-refractivity contribution in [3.63, 3.8) is 0 Å². The molecule has 0 aromatic heterocycles. The van der Waals surface area contributed by atoms with E-state index < -0.39 is 92.0 Å². The number of rotatable bonds is 15. The lowest BCUT2D eigenvalue weighted by molar-refractivity contribution is -0.342. The molecular formula is C41H47NO14. The highest BCUT2D eigenvalue weighted by atomic mass is 16.8. The second kappa shape index (κ2) is 19.9. The Hall–Kier alpha value is -4.74. The van der Waals surface area contributed by atoms with Crippen LogP contribution in [-0.2, 0) is 79.8 Å². The van der Waals surface area contributed by atoms with Crippen LogP contribution in [0, 0.1) is 0 Å². The zero-order valence-corrected chi connectivity index (χ0v) is 31.4. The Morgan fingerprint density at radius 3 is 1.93 bits per heavy atom. The van der Waals surface area contributed by atoms with Gasteiger partial charge in [-0.2, -0.15) is 0 Å². The molecule has 3 fully saturated rings. The molecule has 3 aromatic carbocycles. The highest BCUT2D eigenvalue weighted by Gasteiger charge is 2.52. The first-order valence-corrected chi connectivity index (χ1v) is 18.5. The van der Waals surface area contributed by atoms with E-state index >= 15 is 0 Å². The summed E-state index contributed by atoms with van der Waals surface area (Å²) in [6, 6.07) is 27.1. The molecule has 3 saturated heterocycles. The van der Waals surface area contributed by atoms with Crippen LogP contribution >= 0.6 is 0 Å². The smallest absolute Gasteiger partial charge is 0.303 e. The van der Waals surface area contributed by atoms with Crippen LogP contribution in [0.4, 0.5) is 0 Å². The lowest BCUT2D eigenvalue weighted by Gasteiger charge is -2.46. The summed E-state index contributed by atoms with van der Waals surface area (Å²) in [5, 5.41) is 2.84. The molecule has 300 valence electrons. The largest absolute Gasteiger partial charge is 0.463 e. The summed E-state index contributed by atoms with van der Waals surface area (Å²) in [5.41, 5.74) is 2.56. The summed E-state index contributed by atoms with van der Waals surface area (Å²) in [7, 11) is 0. The molecule has 15 heteroatoms. The number of benzene rings is 3. The van der Waals surface area contributed by atoms with Gasteiger partial charge in [-0.15, -0.1) is 0 Å². The van der Waals surface area contributed by atoms with E-state index in [0.29, 0.717) is 0 Å². The van der Waals surface area contributed by atoms with Crippen molar-refractivity contribution in [2.24, 2.45) is 0 Å². The molecular weight excluding hydrogens is 730 g/mol. The Morgan fingerprint density at radius 1 is 0.696 bits per heavy atom. The molecule has 1 unspecified atom stereocenters. The number of nitrogens with one attached hydrogen (secondary N) is 1. The SMILES string of the molecule is CC(=O)OC[C@H]1O[C@H](OCc2ccccc2)[C@@H](NC(=O)CO[C@@H]2C[C@@H](OCc3ccccc3)O[C@@H]3COC(c4ccccc4)O[C@@H]23)[C@@H](OC(C)=O)[C@@H]1OC(C)=O. The maximum absolute atomic E-state index is 13.9. The van der Waals surface area contributed by atoms with E-state index in [1.165, 1.54) is 20.8 Å². The maximum atomic E-state index is 13.9. The van der Waals surface area contributed by atoms with E-state index in [4.69, 9.17) is 47.4 Å². The van der Waals surface area contributed by atoms with Crippen LogP contribution < -0.4 is 5.32 Å². The zero-order valence-electron chi connectivity index (χ0n) is 31.4. The third kappa shape index (κ3) is 11.4. The number of carbonyl (C=O) groups excluding carboxylic acids is 4. The van der Waals surface area contributed by atoms with Crippen molar-refractivity contribution in [2.75, 3.05) is 19.8 Å². The molecule has 15 nitrogen and oxygen atoms in total. The van der Waals surface area contributed by atoms with Gasteiger partial charge in [-0.3, -0.25) is 19.2 Å². The van der Waals surface area contributed by atoms with Crippen LogP contribution in [0.5, 0.6) is 0 Å². The number of amides is 1. The van der Waals surface area contributed by atoms with Crippen molar-refractivity contribution >= 4 is 23.8 Å². The van der Waals surface area contributed by atoms with Gasteiger partial charge >= 0.3 is 17.9 Å². The third-order valence-corrected chi connectivity index (χ3v) is 9.24. The van der Waals surface area contributed by atoms with Gasteiger partial charge in [-0.1, -0.05) is 91.0 Å². The van der Waals surface area contributed by atoms with Gasteiger partial charge in [0, 0.05) is 32.8 Å². The van der Waals surface area contributed by atoms with E-state index in [-0.39, 0.29) is 32.8 Å². The van der Waals surface area contributed by atoms with Gasteiger partial charge in [0.1, 0.15) is 37.6 Å². The van der Waals surface area contributed by atoms with Crippen LogP contribution in [0.3, 0.4) is 0 Å². The maximum Gasteiger partial charge on any atom is 0.303 e. The van der Waals surface area contributed by atoms with Gasteiger partial charge in [-0.25, -0.2) is 0 Å². The monoisotopic (exact) mass is 777 g/mol. The second-order valence-electron chi connectivity index (χ2n) is 13.5. The Morgan fingerprint density at radius 2 is 1.30 bits per heavy atom. The molecule has 3 heterocycles. The van der Waals surface area contributed by atoms with E-state index in [1.54, 1.807) is 0 Å². The van der Waals surface area contributed by atoms with Gasteiger partial charge in [0.2, 0.25) is 5.91 Å². The van der Waals surface area contributed by atoms with E-state index in [2.05, 4.69) is 5.32 Å². The number of fused-ring (bicyclic) bond motifs is 1. The van der Waals surface area contributed by atoms with Crippen molar-refractivity contribution in [3.8, 4) is 0 Å². The van der Waals surface area contributed by atoms with Crippen LogP contribution in [0.15, 0.2) is 91.0 Å². The fraction of sp³-hybridized carbons (Fsp3) is 0.463. The lowest BCUT2D eigenvalue weighted by Crippen LogP contribution is -2.67. The van der Waals surface area contributed by atoms with E-state index in [9.17, 15) is 19.2 Å². The number of hydrogen-bond donors (Lipinski definition) is 1. The molecule has 0 spiro atoms. The molecule has 3 aliphatic rings. The topological polar surface area (TPSA) is 173 Å². The molecule has 0 radical (unpaired) electrons. The molecule has 0 saturated carbocycles. The van der Waals surface area contributed by atoms with Gasteiger partial charge in [0.15, 0.2) is 31.1 Å². The number of hydrogen-bond acceptors (Lipinski definition) is 14. The van der Waals surface area contributed by atoms with Crippen molar-refractivity contribution < 1.29 is 66.5 Å². The Kier molecular flexibility index (Phi) is 14.5. The standard InChI is InChI=1S/C41H47NO14/c1-25(43)47-22-33-38(52-26(2)44)39(53-27(3)45)36(41(55-33)50-21-29-15-9-5-10-16-29)42-34(46)24-48-31-19-35(49-20-28-13-7-4-8-14-28)54-32-23-51-40(56-37(31)32)30-17-11-6-12-18-30/h4-18,31-33,35-41H,19-24H2,1-3H3,(H,42,46)/t31-,32-,33-,35+,36+,37+,38-,39-,40?,41+/m1/s1. The summed E-state index contributed by atoms with van der Waals surface area (Å²) in [6.45, 7) is 3.26. The first kappa shape index (κ1) is 40.9. The van der Waals surface area contributed by atoms with Gasteiger partial charge in [0.05, 0.1) is 25.9 Å². The minimum Gasteiger partial charge on any atom is -0.463 e. The van der Waals surface area contributed by atoms with Crippen LogP contribution in [0.25, 0.3) is 0 Å². The van der Waals surface area contributed by atoms with Gasteiger partial charge in [-0.05, 0) is 11.1 Å². The molecule has 0 bridgehead atoms. The molecule has 56 heavy (non-hydrogen) atoms. The van der Waals surface area contributed by atoms with Crippen LogP contribution in [0.1, 0.15) is 50.2 Å². The third-order valence-electron chi connectivity index (χ3n) is 9.24. The van der Waals surface area contributed by atoms with Crippen LogP contribution in [0.2, 0.25) is 0 Å². The average Bonchev–Trinajstić information content (AvgIpc) is 3.20. The number of ether oxygens (including phenoxy) is 10. The molecule has 0 aliphatic carbocycles. The van der Waals surface area contributed by atoms with Crippen molar-refractivity contribution in [2.45, 2.75) is 102 Å². The number of carbonyl (C=O) groups is 4. The first-order valence-electron chi connectivity index (χ1n) is 18.5. The molecule has 1 N–H and O–H groups in total. The minimum absolute atomic E-state index is 0.0389. The first-order chi connectivity index (χ1) is 27.1. The number of esters is 3. The quantitative estimate of drug-likeness (QED) is 0.175. The summed E-state index contributed by atoms with van der Waals surface area (Å²) < 4.78 is 60.0. The highest BCUT2D eigenvalue weighted by molar-refractivity contribution is 5.78. The molecule has 1 amide bonds. The fourth-order valence-electron chi connectivity index (χ4n) is 6.74. The summed E-state index contributed by atoms with van der Waals surface area (Å²) in [6.07, 6.45) is -7.99. The predicted molar refractivity (Wildman–Crippen MR) is 194 cm³/mol. The predicted octanol–water partition coefficient (Wildman–Crippen LogP) is 3.67. The molecule has 10 atom stereocenters. The minimum atomic E-state index is -1.32. The van der Waals surface area contributed by atoms with E-state index in [0.717, 1.165) is 16.7 Å². The normalized spacial score (nSPS) is 28.6. The Labute approximate surface area is 324 Å². The van der Waals surface area contributed by atoms with Crippen molar-refractivity contribution in [3.05, 3.63) is 108 Å². The molecule has 3 aliphatic heterocycles. The highest BCUT2D eigenvalue weighted by Crippen LogP contribution is 2.36. The Balaban J connectivity index is 1.20. The van der Waals surface area contributed by atoms with Crippen molar-refractivity contribution in [1.29, 1.82) is 0 Å². The fourth-order valence-corrected chi connectivity index (χ4v) is 6.74. The van der Waals surface area contributed by atoms with Crippen molar-refractivity contribution in [1.82, 2.24) is 5.32 Å². The molecule has 3 aromatic rings. The lowest BCUT2D eigenvalue weighted by atomic mass is 9.96. The average molecular weight is 778 g/mol.